The predicted octanol–water partition coefficient (Wildman–Crippen LogP) is -0.523. The van der Waals surface area contributed by atoms with E-state index in [1.54, 1.807) is 36.7 Å². The van der Waals surface area contributed by atoms with Gasteiger partial charge in [0.05, 0.1) is 28.9 Å². The van der Waals surface area contributed by atoms with Gasteiger partial charge in [-0.15, -0.1) is 0 Å². The van der Waals surface area contributed by atoms with E-state index >= 15 is 0 Å². The molecule has 17 heteroatoms. The second kappa shape index (κ2) is 17.2. The summed E-state index contributed by atoms with van der Waals surface area (Å²) in [5.41, 5.74) is 23.5. The molecule has 0 saturated carbocycles. The standard InChI is InChI=1S/2C7H9N5S.Fe.NO3/c2*8-5-2-1-3-10-6(5)4-11-12-7(9)13;;2-1(3)4/h2*1-4H,8H2,(H3,9,12,13);;/q;;+3;-1/p-2/b2*11-4+;;. The van der Waals surface area contributed by atoms with E-state index in [4.69, 9.17) is 38.3 Å². The summed E-state index contributed by atoms with van der Waals surface area (Å²) in [5.74, 6) is 0. The topological polar surface area (TPSA) is 245 Å². The first kappa shape index (κ1) is 29.5. The van der Waals surface area contributed by atoms with Crippen molar-refractivity contribution in [3.63, 3.8) is 0 Å². The van der Waals surface area contributed by atoms with Gasteiger partial charge in [0.2, 0.25) is 0 Å². The van der Waals surface area contributed by atoms with Gasteiger partial charge in [0, 0.05) is 12.4 Å². The molecular formula is C14H16FeN11O3S2. The molecule has 0 unspecified atom stereocenters. The monoisotopic (exact) mass is 506 g/mol. The molecule has 0 bridgehead atoms. The fourth-order valence-electron chi connectivity index (χ4n) is 1.36. The third kappa shape index (κ3) is 17.0. The molecule has 0 aliphatic rings. The number of nitrogens with two attached hydrogens (primary N) is 4. The second-order valence-corrected chi connectivity index (χ2v) is 5.38. The zero-order valence-electron chi connectivity index (χ0n) is 15.5. The van der Waals surface area contributed by atoms with Crippen molar-refractivity contribution in [1.82, 2.24) is 9.97 Å². The van der Waals surface area contributed by atoms with Crippen molar-refractivity contribution in [2.75, 3.05) is 11.5 Å². The molecule has 14 nitrogen and oxygen atoms in total. The Morgan fingerprint density at radius 3 is 1.48 bits per heavy atom. The maximum absolute atomic E-state index is 8.25. The normalized spacial score (nSPS) is 11.0. The number of rotatable bonds is 4. The van der Waals surface area contributed by atoms with E-state index < -0.39 is 5.09 Å². The van der Waals surface area contributed by atoms with Crippen LogP contribution in [0.3, 0.4) is 0 Å². The van der Waals surface area contributed by atoms with Gasteiger partial charge in [0.1, 0.15) is 11.4 Å². The van der Waals surface area contributed by atoms with Gasteiger partial charge in [0.15, 0.2) is 0 Å². The Labute approximate surface area is 198 Å². The number of aromatic nitrogens is 2. The molecule has 0 amide bonds. The molecule has 0 aliphatic heterocycles. The SMILES string of the molecule is N/C([S-])=N/N=C/c1ncccc1N.N/C([S-])=N/N=C/c1ncccc1N.O=[N+]([O-])[O-].[Fe+3]. The molecule has 8 N–H and O–H groups in total. The summed E-state index contributed by atoms with van der Waals surface area (Å²) >= 11 is 8.98. The van der Waals surface area contributed by atoms with Crippen LogP contribution in [-0.4, -0.2) is 37.8 Å². The minimum atomic E-state index is -1.75. The summed E-state index contributed by atoms with van der Waals surface area (Å²) in [4.78, 5) is 16.2. The van der Waals surface area contributed by atoms with E-state index in [0.717, 1.165) is 0 Å². The van der Waals surface area contributed by atoms with Crippen molar-refractivity contribution < 1.29 is 22.2 Å². The van der Waals surface area contributed by atoms with Crippen LogP contribution in [0.5, 0.6) is 0 Å². The number of anilines is 2. The van der Waals surface area contributed by atoms with Crippen LogP contribution < -0.4 is 22.9 Å². The Bertz CT molecular complexity index is 860. The van der Waals surface area contributed by atoms with Crippen LogP contribution >= 0.6 is 0 Å². The first-order valence-corrected chi connectivity index (χ1v) is 8.24. The summed E-state index contributed by atoms with van der Waals surface area (Å²) in [6.45, 7) is 0. The molecule has 0 spiro atoms. The van der Waals surface area contributed by atoms with Gasteiger partial charge in [-0.3, -0.25) is 9.97 Å². The van der Waals surface area contributed by atoms with Crippen LogP contribution in [0.2, 0.25) is 0 Å². The molecule has 0 aromatic carbocycles. The first-order valence-electron chi connectivity index (χ1n) is 7.43. The third-order valence-electron chi connectivity index (χ3n) is 2.42. The van der Waals surface area contributed by atoms with Crippen LogP contribution in [0.15, 0.2) is 57.1 Å². The predicted molar refractivity (Wildman–Crippen MR) is 121 cm³/mol. The van der Waals surface area contributed by atoms with Crippen LogP contribution in [0.4, 0.5) is 11.4 Å². The van der Waals surface area contributed by atoms with Gasteiger partial charge < -0.3 is 63.5 Å². The first-order chi connectivity index (χ1) is 14.1. The van der Waals surface area contributed by atoms with E-state index in [1.807, 2.05) is 0 Å². The van der Waals surface area contributed by atoms with Crippen molar-refractivity contribution in [2.24, 2.45) is 31.9 Å². The molecule has 31 heavy (non-hydrogen) atoms. The zero-order chi connectivity index (χ0) is 22.9. The van der Waals surface area contributed by atoms with Crippen molar-refractivity contribution >= 4 is 59.4 Å². The Morgan fingerprint density at radius 2 is 1.23 bits per heavy atom. The Hall–Kier alpha value is -3.66. The molecule has 2 rings (SSSR count). The van der Waals surface area contributed by atoms with Gasteiger partial charge in [0.25, 0.3) is 0 Å². The number of hydrogen-bond acceptors (Lipinski definition) is 13. The van der Waals surface area contributed by atoms with Gasteiger partial charge in [-0.1, -0.05) is 0 Å². The fraction of sp³-hybridized carbons (Fsp3) is 0. The molecule has 1 radical (unpaired) electrons. The summed E-state index contributed by atoms with van der Waals surface area (Å²) in [5, 5.41) is 28.8. The number of nitrogen functional groups attached to an aromatic ring is 2. The summed E-state index contributed by atoms with van der Waals surface area (Å²) < 4.78 is 0. The summed E-state index contributed by atoms with van der Waals surface area (Å²) in [6, 6.07) is 6.90. The van der Waals surface area contributed by atoms with Crippen LogP contribution in [0.25, 0.3) is 0 Å². The van der Waals surface area contributed by atoms with E-state index in [0.29, 0.717) is 22.8 Å². The minimum Gasteiger partial charge on any atom is -0.741 e. The minimum absolute atomic E-state index is 0. The van der Waals surface area contributed by atoms with Gasteiger partial charge in [-0.2, -0.15) is 20.4 Å². The quantitative estimate of drug-likeness (QED) is 0.103. The van der Waals surface area contributed by atoms with Gasteiger partial charge >= 0.3 is 17.1 Å². The summed E-state index contributed by atoms with van der Waals surface area (Å²) in [6.07, 6.45) is 6.01. The van der Waals surface area contributed by atoms with E-state index in [2.05, 4.69) is 55.6 Å². The molecule has 2 aromatic rings. The van der Waals surface area contributed by atoms with Crippen LogP contribution in [-0.2, 0) is 42.3 Å². The average Bonchev–Trinajstić information content (AvgIpc) is 2.64. The third-order valence-corrected chi connectivity index (χ3v) is 2.58. The largest absolute Gasteiger partial charge is 3.00 e. The van der Waals surface area contributed by atoms with E-state index in [-0.39, 0.29) is 27.4 Å². The zero-order valence-corrected chi connectivity index (χ0v) is 18.2. The fourth-order valence-corrected chi connectivity index (χ4v) is 1.45. The average molecular weight is 506 g/mol. The molecule has 165 valence electrons. The Balaban J connectivity index is 0. The number of hydrogen-bond donors (Lipinski definition) is 4. The number of amidine groups is 2. The molecule has 0 saturated heterocycles. The maximum Gasteiger partial charge on any atom is 3.00 e. The van der Waals surface area contributed by atoms with Gasteiger partial charge in [-0.05, 0) is 34.6 Å². The van der Waals surface area contributed by atoms with Crippen molar-refractivity contribution in [3.05, 3.63) is 63.4 Å². The van der Waals surface area contributed by atoms with Crippen molar-refractivity contribution in [1.29, 1.82) is 0 Å². The molecule has 0 aliphatic carbocycles. The van der Waals surface area contributed by atoms with E-state index in [9.17, 15) is 0 Å². The number of nitrogens with zero attached hydrogens (tertiary/aromatic N) is 7. The summed E-state index contributed by atoms with van der Waals surface area (Å²) in [7, 11) is 0. The molecule has 2 heterocycles. The smallest absolute Gasteiger partial charge is 0.741 e. The molecule has 2 aromatic heterocycles. The Kier molecular flexibility index (Phi) is 16.4. The molecule has 0 fully saturated rings. The van der Waals surface area contributed by atoms with Crippen molar-refractivity contribution in [3.8, 4) is 0 Å². The number of pyridine rings is 2. The van der Waals surface area contributed by atoms with E-state index in [1.165, 1.54) is 12.4 Å². The Morgan fingerprint density at radius 1 is 0.903 bits per heavy atom. The molecule has 0 atom stereocenters. The second-order valence-electron chi connectivity index (χ2n) is 4.54. The van der Waals surface area contributed by atoms with Gasteiger partial charge in [-0.25, -0.2) is 0 Å². The molecular weight excluding hydrogens is 490 g/mol. The van der Waals surface area contributed by atoms with Crippen molar-refractivity contribution in [2.45, 2.75) is 0 Å². The van der Waals surface area contributed by atoms with Crippen LogP contribution in [0, 0.1) is 15.3 Å². The maximum atomic E-state index is 8.25. The van der Waals surface area contributed by atoms with Crippen LogP contribution in [0.1, 0.15) is 11.4 Å².